The molecule has 0 aliphatic heterocycles. The Kier molecular flexibility index (Phi) is 4.15. The number of hydrogen-bond acceptors (Lipinski definition) is 3. The Labute approximate surface area is 108 Å². The first-order valence-electron chi connectivity index (χ1n) is 6.38. The molecule has 0 aliphatic carbocycles. The highest BCUT2D eigenvalue weighted by Crippen LogP contribution is 2.25. The van der Waals surface area contributed by atoms with Gasteiger partial charge in [-0.2, -0.15) is 0 Å². The molecule has 0 saturated carbocycles. The van der Waals surface area contributed by atoms with E-state index >= 15 is 0 Å². The van der Waals surface area contributed by atoms with Crippen molar-refractivity contribution in [2.24, 2.45) is 0 Å². The molecule has 1 heterocycles. The van der Waals surface area contributed by atoms with Crippen LogP contribution in [-0.2, 0) is 11.3 Å². The maximum absolute atomic E-state index is 5.19. The maximum Gasteiger partial charge on any atom is 0.0885 e. The summed E-state index contributed by atoms with van der Waals surface area (Å²) in [4.78, 5) is 4.67. The fourth-order valence-electron chi connectivity index (χ4n) is 2.07. The van der Waals surface area contributed by atoms with E-state index in [2.05, 4.69) is 48.4 Å². The molecule has 1 aromatic carbocycles. The van der Waals surface area contributed by atoms with Crippen molar-refractivity contribution < 1.29 is 4.74 Å². The summed E-state index contributed by atoms with van der Waals surface area (Å²) in [6, 6.07) is 8.37. The van der Waals surface area contributed by atoms with Crippen LogP contribution in [0.25, 0.3) is 10.9 Å². The van der Waals surface area contributed by atoms with E-state index < -0.39 is 0 Å². The van der Waals surface area contributed by atoms with Crippen molar-refractivity contribution in [1.29, 1.82) is 0 Å². The van der Waals surface area contributed by atoms with Crippen LogP contribution in [0.5, 0.6) is 0 Å². The molecule has 0 aliphatic rings. The highest BCUT2D eigenvalue weighted by Gasteiger charge is 2.07. The SMILES string of the molecule is CCCNc1cc(COC)nc2c(C)cccc12. The summed E-state index contributed by atoms with van der Waals surface area (Å²) in [5, 5.41) is 4.65. The molecular weight excluding hydrogens is 224 g/mol. The van der Waals surface area contributed by atoms with Crippen LogP contribution < -0.4 is 5.32 Å². The molecule has 0 radical (unpaired) electrons. The van der Waals surface area contributed by atoms with Gasteiger partial charge in [-0.1, -0.05) is 25.1 Å². The Morgan fingerprint density at radius 3 is 2.89 bits per heavy atom. The summed E-state index contributed by atoms with van der Waals surface area (Å²) in [7, 11) is 1.70. The van der Waals surface area contributed by atoms with Gasteiger partial charge in [-0.15, -0.1) is 0 Å². The number of pyridine rings is 1. The van der Waals surface area contributed by atoms with Gasteiger partial charge in [-0.3, -0.25) is 0 Å². The second-order valence-corrected chi connectivity index (χ2v) is 4.49. The van der Waals surface area contributed by atoms with Gasteiger partial charge in [0.1, 0.15) is 0 Å². The first kappa shape index (κ1) is 12.8. The van der Waals surface area contributed by atoms with E-state index in [4.69, 9.17) is 4.74 Å². The minimum Gasteiger partial charge on any atom is -0.384 e. The van der Waals surface area contributed by atoms with Crippen LogP contribution in [0.3, 0.4) is 0 Å². The highest BCUT2D eigenvalue weighted by molar-refractivity contribution is 5.93. The van der Waals surface area contributed by atoms with E-state index in [0.717, 1.165) is 29.9 Å². The summed E-state index contributed by atoms with van der Waals surface area (Å²) in [5.41, 5.74) is 4.38. The maximum atomic E-state index is 5.19. The fraction of sp³-hybridized carbons (Fsp3) is 0.400. The zero-order chi connectivity index (χ0) is 13.0. The normalized spacial score (nSPS) is 10.8. The summed E-state index contributed by atoms with van der Waals surface area (Å²) in [6.45, 7) is 5.78. The minimum atomic E-state index is 0.547. The average Bonchev–Trinajstić information content (AvgIpc) is 2.37. The number of fused-ring (bicyclic) bond motifs is 1. The van der Waals surface area contributed by atoms with Crippen LogP contribution in [0.2, 0.25) is 0 Å². The van der Waals surface area contributed by atoms with E-state index in [1.165, 1.54) is 10.9 Å². The molecule has 0 unspecified atom stereocenters. The topological polar surface area (TPSA) is 34.1 Å². The van der Waals surface area contributed by atoms with E-state index in [0.29, 0.717) is 6.61 Å². The van der Waals surface area contributed by atoms with E-state index in [1.807, 2.05) is 0 Å². The van der Waals surface area contributed by atoms with Crippen LogP contribution in [0.4, 0.5) is 5.69 Å². The zero-order valence-corrected chi connectivity index (χ0v) is 11.3. The van der Waals surface area contributed by atoms with E-state index in [1.54, 1.807) is 7.11 Å². The molecule has 0 saturated heterocycles. The summed E-state index contributed by atoms with van der Waals surface area (Å²) < 4.78 is 5.19. The lowest BCUT2D eigenvalue weighted by Gasteiger charge is -2.12. The quantitative estimate of drug-likeness (QED) is 0.874. The lowest BCUT2D eigenvalue weighted by atomic mass is 10.1. The van der Waals surface area contributed by atoms with Crippen molar-refractivity contribution in [2.45, 2.75) is 26.9 Å². The third-order valence-electron chi connectivity index (χ3n) is 2.95. The molecular formula is C15H20N2O. The van der Waals surface area contributed by atoms with Gasteiger partial charge >= 0.3 is 0 Å². The molecule has 0 spiro atoms. The smallest absolute Gasteiger partial charge is 0.0885 e. The predicted octanol–water partition coefficient (Wildman–Crippen LogP) is 3.51. The third kappa shape index (κ3) is 2.62. The monoisotopic (exact) mass is 244 g/mol. The molecule has 2 aromatic rings. The molecule has 18 heavy (non-hydrogen) atoms. The standard InChI is InChI=1S/C15H20N2O/c1-4-8-16-14-9-12(10-18-3)17-15-11(2)6-5-7-13(14)15/h5-7,9H,4,8,10H2,1-3H3,(H,16,17). The van der Waals surface area contributed by atoms with Gasteiger partial charge in [0.15, 0.2) is 0 Å². The van der Waals surface area contributed by atoms with Gasteiger partial charge in [-0.25, -0.2) is 4.98 Å². The number of ether oxygens (including phenoxy) is 1. The minimum absolute atomic E-state index is 0.547. The Hall–Kier alpha value is -1.61. The van der Waals surface area contributed by atoms with Crippen molar-refractivity contribution in [3.05, 3.63) is 35.5 Å². The van der Waals surface area contributed by atoms with Gasteiger partial charge < -0.3 is 10.1 Å². The number of benzene rings is 1. The third-order valence-corrected chi connectivity index (χ3v) is 2.95. The molecule has 0 atom stereocenters. The lowest BCUT2D eigenvalue weighted by Crippen LogP contribution is -2.03. The summed E-state index contributed by atoms with van der Waals surface area (Å²) in [5.74, 6) is 0. The van der Waals surface area contributed by atoms with Crippen LogP contribution in [-0.4, -0.2) is 18.6 Å². The Balaban J connectivity index is 2.53. The molecule has 2 rings (SSSR count). The van der Waals surface area contributed by atoms with Gasteiger partial charge in [-0.05, 0) is 25.0 Å². The number of nitrogens with zero attached hydrogens (tertiary/aromatic N) is 1. The fourth-order valence-corrected chi connectivity index (χ4v) is 2.07. The number of aryl methyl sites for hydroxylation is 1. The molecule has 1 N–H and O–H groups in total. The first-order valence-corrected chi connectivity index (χ1v) is 6.38. The Bertz CT molecular complexity index is 537. The molecule has 0 fully saturated rings. The molecule has 3 heteroatoms. The molecule has 0 amide bonds. The predicted molar refractivity (Wildman–Crippen MR) is 76.0 cm³/mol. The number of anilines is 1. The largest absolute Gasteiger partial charge is 0.384 e. The number of rotatable bonds is 5. The van der Waals surface area contributed by atoms with E-state index in [9.17, 15) is 0 Å². The number of nitrogens with one attached hydrogen (secondary N) is 1. The molecule has 3 nitrogen and oxygen atoms in total. The number of aromatic nitrogens is 1. The Morgan fingerprint density at radius 1 is 1.33 bits per heavy atom. The van der Waals surface area contributed by atoms with Crippen LogP contribution >= 0.6 is 0 Å². The van der Waals surface area contributed by atoms with Gasteiger partial charge in [0.25, 0.3) is 0 Å². The van der Waals surface area contributed by atoms with Crippen molar-refractivity contribution >= 4 is 16.6 Å². The number of para-hydroxylation sites is 1. The Morgan fingerprint density at radius 2 is 2.17 bits per heavy atom. The lowest BCUT2D eigenvalue weighted by molar-refractivity contribution is 0.182. The summed E-state index contributed by atoms with van der Waals surface area (Å²) in [6.07, 6.45) is 1.11. The number of methoxy groups -OCH3 is 1. The molecule has 96 valence electrons. The van der Waals surface area contributed by atoms with Crippen LogP contribution in [0.1, 0.15) is 24.6 Å². The van der Waals surface area contributed by atoms with Gasteiger partial charge in [0, 0.05) is 24.7 Å². The van der Waals surface area contributed by atoms with Crippen LogP contribution in [0.15, 0.2) is 24.3 Å². The van der Waals surface area contributed by atoms with Crippen molar-refractivity contribution in [3.63, 3.8) is 0 Å². The second-order valence-electron chi connectivity index (χ2n) is 4.49. The van der Waals surface area contributed by atoms with E-state index in [-0.39, 0.29) is 0 Å². The second kappa shape index (κ2) is 5.83. The van der Waals surface area contributed by atoms with Gasteiger partial charge in [0.05, 0.1) is 17.8 Å². The summed E-state index contributed by atoms with van der Waals surface area (Å²) >= 11 is 0. The van der Waals surface area contributed by atoms with Crippen molar-refractivity contribution in [2.75, 3.05) is 19.0 Å². The zero-order valence-electron chi connectivity index (χ0n) is 11.3. The van der Waals surface area contributed by atoms with Gasteiger partial charge in [0.2, 0.25) is 0 Å². The highest BCUT2D eigenvalue weighted by atomic mass is 16.5. The van der Waals surface area contributed by atoms with Crippen LogP contribution in [0, 0.1) is 6.92 Å². The number of hydrogen-bond donors (Lipinski definition) is 1. The van der Waals surface area contributed by atoms with Crippen molar-refractivity contribution in [1.82, 2.24) is 4.98 Å². The first-order chi connectivity index (χ1) is 8.76. The van der Waals surface area contributed by atoms with Crippen molar-refractivity contribution in [3.8, 4) is 0 Å². The average molecular weight is 244 g/mol. The molecule has 1 aromatic heterocycles. The molecule has 0 bridgehead atoms.